The number of nitrogens with zero attached hydrogens (tertiary/aromatic N) is 1. The molecule has 0 saturated heterocycles. The van der Waals surface area contributed by atoms with E-state index in [1.807, 2.05) is 37.3 Å². The molecule has 1 amide bonds. The number of aromatic nitrogens is 1. The molecule has 0 aliphatic carbocycles. The largest absolute Gasteiger partial charge is 0.366 e. The van der Waals surface area contributed by atoms with Crippen molar-refractivity contribution in [2.75, 3.05) is 0 Å². The molecule has 0 saturated carbocycles. The number of rotatable bonds is 2. The Hall–Kier alpha value is -2.39. The van der Waals surface area contributed by atoms with Crippen LogP contribution in [-0.2, 0) is 0 Å². The minimum absolute atomic E-state index is 0.455. The number of hydrogen-bond acceptors (Lipinski definition) is 2. The third kappa shape index (κ3) is 2.60. The second-order valence-corrected chi connectivity index (χ2v) is 5.38. The van der Waals surface area contributed by atoms with Gasteiger partial charge in [0.1, 0.15) is 0 Å². The third-order valence-corrected chi connectivity index (χ3v) is 3.62. The minimum atomic E-state index is -0.455. The Balaban J connectivity index is 2.28. The summed E-state index contributed by atoms with van der Waals surface area (Å²) in [4.78, 5) is 16.3. The van der Waals surface area contributed by atoms with E-state index < -0.39 is 5.91 Å². The monoisotopic (exact) mass is 296 g/mol. The smallest absolute Gasteiger partial charge is 0.249 e. The average molecular weight is 297 g/mol. The van der Waals surface area contributed by atoms with Gasteiger partial charge in [0.25, 0.3) is 0 Å². The van der Waals surface area contributed by atoms with Crippen molar-refractivity contribution in [2.24, 2.45) is 5.73 Å². The summed E-state index contributed by atoms with van der Waals surface area (Å²) in [6, 6.07) is 14.8. The SMILES string of the molecule is Cc1ccc2nc(-c3ccc(Cl)cc3)cc(C(N)=O)c2c1. The van der Waals surface area contributed by atoms with E-state index in [1.54, 1.807) is 18.2 Å². The first-order valence-corrected chi connectivity index (χ1v) is 6.89. The number of carbonyl (C=O) groups excluding carboxylic acids is 1. The number of fused-ring (bicyclic) bond motifs is 1. The minimum Gasteiger partial charge on any atom is -0.366 e. The Kier molecular flexibility index (Phi) is 3.35. The Bertz CT molecular complexity index is 841. The van der Waals surface area contributed by atoms with Crippen LogP contribution in [0.1, 0.15) is 15.9 Å². The molecule has 3 rings (SSSR count). The average Bonchev–Trinajstić information content (AvgIpc) is 2.46. The van der Waals surface area contributed by atoms with Gasteiger partial charge in [0.05, 0.1) is 16.8 Å². The van der Waals surface area contributed by atoms with E-state index in [0.29, 0.717) is 16.3 Å². The van der Waals surface area contributed by atoms with E-state index >= 15 is 0 Å². The lowest BCUT2D eigenvalue weighted by Gasteiger charge is -2.08. The van der Waals surface area contributed by atoms with E-state index in [4.69, 9.17) is 17.3 Å². The molecule has 4 heteroatoms. The molecule has 0 bridgehead atoms. The zero-order valence-corrected chi connectivity index (χ0v) is 12.2. The molecule has 0 fully saturated rings. The van der Waals surface area contributed by atoms with Gasteiger partial charge >= 0.3 is 0 Å². The molecule has 3 aromatic rings. The Morgan fingerprint density at radius 2 is 1.81 bits per heavy atom. The number of nitrogens with two attached hydrogens (primary N) is 1. The van der Waals surface area contributed by atoms with E-state index in [2.05, 4.69) is 4.98 Å². The molecule has 0 atom stereocenters. The molecule has 0 aliphatic rings. The van der Waals surface area contributed by atoms with Crippen LogP contribution in [-0.4, -0.2) is 10.9 Å². The van der Waals surface area contributed by atoms with Gasteiger partial charge in [-0.1, -0.05) is 35.4 Å². The molecule has 0 unspecified atom stereocenters. The molecule has 1 heterocycles. The number of pyridine rings is 1. The van der Waals surface area contributed by atoms with Gasteiger partial charge in [-0.05, 0) is 37.3 Å². The lowest BCUT2D eigenvalue weighted by Crippen LogP contribution is -2.12. The van der Waals surface area contributed by atoms with Gasteiger partial charge in [-0.2, -0.15) is 0 Å². The van der Waals surface area contributed by atoms with Gasteiger partial charge in [0, 0.05) is 16.0 Å². The number of carbonyl (C=O) groups is 1. The fraction of sp³-hybridized carbons (Fsp3) is 0.0588. The van der Waals surface area contributed by atoms with Crippen LogP contribution in [0.4, 0.5) is 0 Å². The third-order valence-electron chi connectivity index (χ3n) is 3.37. The van der Waals surface area contributed by atoms with Crippen molar-refractivity contribution in [2.45, 2.75) is 6.92 Å². The number of amides is 1. The van der Waals surface area contributed by atoms with Gasteiger partial charge in [0.2, 0.25) is 5.91 Å². The van der Waals surface area contributed by atoms with Crippen LogP contribution in [0.3, 0.4) is 0 Å². The van der Waals surface area contributed by atoms with Crippen LogP contribution >= 0.6 is 11.6 Å². The van der Waals surface area contributed by atoms with Gasteiger partial charge in [0.15, 0.2) is 0 Å². The first-order chi connectivity index (χ1) is 10.0. The van der Waals surface area contributed by atoms with Crippen LogP contribution in [0.15, 0.2) is 48.5 Å². The predicted molar refractivity (Wildman–Crippen MR) is 85.4 cm³/mol. The lowest BCUT2D eigenvalue weighted by atomic mass is 10.0. The predicted octanol–water partition coefficient (Wildman–Crippen LogP) is 3.96. The second kappa shape index (κ2) is 5.19. The molecule has 21 heavy (non-hydrogen) atoms. The first-order valence-electron chi connectivity index (χ1n) is 6.52. The molecular weight excluding hydrogens is 284 g/mol. The molecule has 3 nitrogen and oxygen atoms in total. The van der Waals surface area contributed by atoms with Crippen LogP contribution in [0.2, 0.25) is 5.02 Å². The van der Waals surface area contributed by atoms with Crippen LogP contribution in [0.25, 0.3) is 22.2 Å². The van der Waals surface area contributed by atoms with Crippen molar-refractivity contribution in [3.8, 4) is 11.3 Å². The van der Waals surface area contributed by atoms with Gasteiger partial charge < -0.3 is 5.73 Å². The topological polar surface area (TPSA) is 56.0 Å². The quantitative estimate of drug-likeness (QED) is 0.778. The summed E-state index contributed by atoms with van der Waals surface area (Å²) in [7, 11) is 0. The molecule has 2 N–H and O–H groups in total. The van der Waals surface area contributed by atoms with Crippen molar-refractivity contribution in [3.05, 3.63) is 64.7 Å². The summed E-state index contributed by atoms with van der Waals surface area (Å²) in [5.74, 6) is -0.455. The normalized spacial score (nSPS) is 10.8. The molecule has 104 valence electrons. The molecule has 0 aliphatic heterocycles. The highest BCUT2D eigenvalue weighted by atomic mass is 35.5. The first kappa shape index (κ1) is 13.6. The standard InChI is InChI=1S/C17H13ClN2O/c1-10-2-7-15-13(8-10)14(17(19)21)9-16(20-15)11-3-5-12(18)6-4-11/h2-9H,1H3,(H2,19,21). The summed E-state index contributed by atoms with van der Waals surface area (Å²) in [5, 5.41) is 1.44. The highest BCUT2D eigenvalue weighted by molar-refractivity contribution is 6.30. The Morgan fingerprint density at radius 3 is 2.48 bits per heavy atom. The molecule has 0 spiro atoms. The summed E-state index contributed by atoms with van der Waals surface area (Å²) < 4.78 is 0. The van der Waals surface area contributed by atoms with Gasteiger partial charge in [-0.15, -0.1) is 0 Å². The van der Waals surface area contributed by atoms with Gasteiger partial charge in [-0.3, -0.25) is 4.79 Å². The van der Waals surface area contributed by atoms with Crippen molar-refractivity contribution in [3.63, 3.8) is 0 Å². The highest BCUT2D eigenvalue weighted by Gasteiger charge is 2.11. The summed E-state index contributed by atoms with van der Waals surface area (Å²) in [5.41, 5.74) is 9.40. The zero-order chi connectivity index (χ0) is 15.0. The number of aryl methyl sites for hydroxylation is 1. The summed E-state index contributed by atoms with van der Waals surface area (Å²) >= 11 is 5.90. The van der Waals surface area contributed by atoms with E-state index in [0.717, 1.165) is 22.0 Å². The van der Waals surface area contributed by atoms with Crippen LogP contribution < -0.4 is 5.73 Å². The highest BCUT2D eigenvalue weighted by Crippen LogP contribution is 2.26. The van der Waals surface area contributed by atoms with E-state index in [-0.39, 0.29) is 0 Å². The van der Waals surface area contributed by atoms with Crippen LogP contribution in [0.5, 0.6) is 0 Å². The molecule has 0 radical (unpaired) electrons. The zero-order valence-electron chi connectivity index (χ0n) is 11.4. The van der Waals surface area contributed by atoms with E-state index in [9.17, 15) is 4.79 Å². The van der Waals surface area contributed by atoms with Crippen molar-refractivity contribution < 1.29 is 4.79 Å². The number of hydrogen-bond donors (Lipinski definition) is 1. The van der Waals surface area contributed by atoms with Crippen molar-refractivity contribution in [1.29, 1.82) is 0 Å². The van der Waals surface area contributed by atoms with Crippen LogP contribution in [0, 0.1) is 6.92 Å². The Labute approximate surface area is 127 Å². The summed E-state index contributed by atoms with van der Waals surface area (Å²) in [6.07, 6.45) is 0. The fourth-order valence-electron chi connectivity index (χ4n) is 2.31. The molecular formula is C17H13ClN2O. The van der Waals surface area contributed by atoms with Gasteiger partial charge in [-0.25, -0.2) is 4.98 Å². The lowest BCUT2D eigenvalue weighted by molar-refractivity contribution is 0.100. The summed E-state index contributed by atoms with van der Waals surface area (Å²) in [6.45, 7) is 1.97. The number of halogens is 1. The van der Waals surface area contributed by atoms with E-state index in [1.165, 1.54) is 0 Å². The number of benzene rings is 2. The maximum Gasteiger partial charge on any atom is 0.249 e. The maximum atomic E-state index is 11.7. The maximum absolute atomic E-state index is 11.7. The molecule has 2 aromatic carbocycles. The second-order valence-electron chi connectivity index (χ2n) is 4.95. The van der Waals surface area contributed by atoms with Crippen molar-refractivity contribution >= 4 is 28.4 Å². The van der Waals surface area contributed by atoms with Crippen molar-refractivity contribution in [1.82, 2.24) is 4.98 Å². The number of primary amides is 1. The fourth-order valence-corrected chi connectivity index (χ4v) is 2.44. The Morgan fingerprint density at radius 1 is 1.10 bits per heavy atom. The molecule has 1 aromatic heterocycles.